The molecule has 0 amide bonds. The van der Waals surface area contributed by atoms with E-state index in [9.17, 15) is 5.41 Å². The lowest BCUT2D eigenvalue weighted by atomic mass is 10.0. The monoisotopic (exact) mass is 643 g/mol. The molecule has 0 saturated carbocycles. The second kappa shape index (κ2) is 12.3. The first-order chi connectivity index (χ1) is 24.7. The lowest BCUT2D eigenvalue weighted by Gasteiger charge is -2.06. The Hall–Kier alpha value is -6.85. The van der Waals surface area contributed by atoms with Crippen LogP contribution in [0.15, 0.2) is 183 Å². The van der Waals surface area contributed by atoms with Crippen LogP contribution >= 0.6 is 0 Å². The minimum absolute atomic E-state index is 0.0835. The molecule has 236 valence electrons. The second-order valence-electron chi connectivity index (χ2n) is 12.2. The second-order valence-corrected chi connectivity index (χ2v) is 12.2. The third-order valence-electron chi connectivity index (χ3n) is 9.07. The number of nitrogens with zero attached hydrogens (tertiary/aromatic N) is 2. The maximum atomic E-state index is 9.22. The molecule has 0 aliphatic heterocycles. The van der Waals surface area contributed by atoms with Gasteiger partial charge in [0.2, 0.25) is 0 Å². The van der Waals surface area contributed by atoms with E-state index < -0.39 is 0 Å². The summed E-state index contributed by atoms with van der Waals surface area (Å²) in [6, 6.07) is 54.8. The Labute approximate surface area is 288 Å². The lowest BCUT2D eigenvalue weighted by molar-refractivity contribution is 0.668. The molecule has 2 aromatic heterocycles. The number of hydrogen-bond donors (Lipinski definition) is 1. The van der Waals surface area contributed by atoms with Crippen LogP contribution in [0.2, 0.25) is 0 Å². The first kappa shape index (κ1) is 29.3. The number of furan rings is 2. The summed E-state index contributed by atoms with van der Waals surface area (Å²) in [7, 11) is 0. The van der Waals surface area contributed by atoms with Crippen LogP contribution in [-0.4, -0.2) is 17.9 Å². The van der Waals surface area contributed by atoms with Gasteiger partial charge in [0.1, 0.15) is 22.3 Å². The smallest absolute Gasteiger partial charge is 0.165 e. The Morgan fingerprint density at radius 1 is 0.480 bits per heavy atom. The highest BCUT2D eigenvalue weighted by molar-refractivity contribution is 6.20. The van der Waals surface area contributed by atoms with Crippen molar-refractivity contribution in [2.75, 3.05) is 0 Å². The van der Waals surface area contributed by atoms with Crippen molar-refractivity contribution in [2.24, 2.45) is 9.98 Å². The van der Waals surface area contributed by atoms with Gasteiger partial charge < -0.3 is 8.83 Å². The summed E-state index contributed by atoms with van der Waals surface area (Å²) in [4.78, 5) is 9.77. The van der Waals surface area contributed by atoms with Gasteiger partial charge in [-0.05, 0) is 70.3 Å². The molecule has 0 saturated heterocycles. The zero-order valence-electron chi connectivity index (χ0n) is 26.9. The number of para-hydroxylation sites is 2. The minimum Gasteiger partial charge on any atom is -0.456 e. The molecule has 0 spiro atoms. The quantitative estimate of drug-likeness (QED) is 0.150. The maximum Gasteiger partial charge on any atom is 0.165 e. The summed E-state index contributed by atoms with van der Waals surface area (Å²) in [6.45, 7) is 0. The highest BCUT2D eigenvalue weighted by atomic mass is 16.3. The van der Waals surface area contributed by atoms with Crippen LogP contribution in [0.5, 0.6) is 0 Å². The highest BCUT2D eigenvalue weighted by Gasteiger charge is 2.16. The van der Waals surface area contributed by atoms with Crippen LogP contribution in [0, 0.1) is 5.41 Å². The van der Waals surface area contributed by atoms with E-state index in [-0.39, 0.29) is 5.84 Å². The van der Waals surface area contributed by atoms with Crippen molar-refractivity contribution in [1.29, 1.82) is 5.41 Å². The van der Waals surface area contributed by atoms with Crippen molar-refractivity contribution >= 4 is 61.8 Å². The number of hydrogen-bond acceptors (Lipinski definition) is 3. The van der Waals surface area contributed by atoms with E-state index in [1.165, 1.54) is 0 Å². The molecular weight excluding hydrogens is 615 g/mol. The lowest BCUT2D eigenvalue weighted by Crippen LogP contribution is -2.05. The average Bonchev–Trinajstić information content (AvgIpc) is 3.75. The molecule has 50 heavy (non-hydrogen) atoms. The van der Waals surface area contributed by atoms with Crippen molar-refractivity contribution in [3.05, 3.63) is 180 Å². The maximum absolute atomic E-state index is 9.22. The Bertz CT molecular complexity index is 2750. The van der Waals surface area contributed by atoms with Gasteiger partial charge in [-0.15, -0.1) is 0 Å². The fourth-order valence-electron chi connectivity index (χ4n) is 6.52. The zero-order chi connectivity index (χ0) is 33.4. The topological polar surface area (TPSA) is 74.8 Å². The molecule has 0 bridgehead atoms. The summed E-state index contributed by atoms with van der Waals surface area (Å²) >= 11 is 0. The van der Waals surface area contributed by atoms with Gasteiger partial charge in [-0.25, -0.2) is 9.98 Å². The van der Waals surface area contributed by atoms with E-state index in [1.54, 1.807) is 6.21 Å². The SMILES string of the molecule is N=C(N=C(N=Cc1ccc(-c2ccccc2)cc1)c1cccc2c1oc1ccccc12)c1ccc2oc3ccc(-c4ccccc4)cc3c2c1. The predicted molar refractivity (Wildman–Crippen MR) is 206 cm³/mol. The van der Waals surface area contributed by atoms with E-state index in [1.807, 2.05) is 109 Å². The van der Waals surface area contributed by atoms with Gasteiger partial charge in [0.05, 0.1) is 5.56 Å². The largest absolute Gasteiger partial charge is 0.456 e. The van der Waals surface area contributed by atoms with Crippen molar-refractivity contribution in [2.45, 2.75) is 0 Å². The van der Waals surface area contributed by atoms with Crippen molar-refractivity contribution in [1.82, 2.24) is 0 Å². The summed E-state index contributed by atoms with van der Waals surface area (Å²) in [6.07, 6.45) is 1.79. The number of amidine groups is 2. The molecule has 0 fully saturated rings. The fourth-order valence-corrected chi connectivity index (χ4v) is 6.52. The summed E-state index contributed by atoms with van der Waals surface area (Å²) < 4.78 is 12.6. The zero-order valence-corrected chi connectivity index (χ0v) is 26.9. The number of nitrogens with one attached hydrogen (secondary N) is 1. The number of fused-ring (bicyclic) bond motifs is 6. The van der Waals surface area contributed by atoms with Gasteiger partial charge >= 0.3 is 0 Å². The molecule has 1 N–H and O–H groups in total. The first-order valence-electron chi connectivity index (χ1n) is 16.5. The number of benzene rings is 7. The normalized spacial score (nSPS) is 12.1. The van der Waals surface area contributed by atoms with Crippen LogP contribution in [0.3, 0.4) is 0 Å². The first-order valence-corrected chi connectivity index (χ1v) is 16.5. The Kier molecular flexibility index (Phi) is 7.21. The van der Waals surface area contributed by atoms with E-state index in [0.717, 1.165) is 66.1 Å². The van der Waals surface area contributed by atoms with Gasteiger partial charge in [-0.3, -0.25) is 5.41 Å². The van der Waals surface area contributed by atoms with E-state index >= 15 is 0 Å². The van der Waals surface area contributed by atoms with E-state index in [2.05, 4.69) is 54.6 Å². The van der Waals surface area contributed by atoms with Gasteiger partial charge in [-0.2, -0.15) is 0 Å². The molecule has 0 atom stereocenters. The molecule has 0 aliphatic rings. The van der Waals surface area contributed by atoms with Crippen LogP contribution in [0.1, 0.15) is 16.7 Å². The molecule has 2 heterocycles. The summed E-state index contributed by atoms with van der Waals surface area (Å²) in [5.41, 5.74) is 9.83. The van der Waals surface area contributed by atoms with Crippen molar-refractivity contribution in [3.63, 3.8) is 0 Å². The van der Waals surface area contributed by atoms with Gasteiger partial charge in [-0.1, -0.05) is 121 Å². The van der Waals surface area contributed by atoms with E-state index in [4.69, 9.17) is 18.8 Å². The molecular formula is C45H29N3O2. The molecule has 0 radical (unpaired) electrons. The molecule has 0 aliphatic carbocycles. The Balaban J connectivity index is 1.14. The third-order valence-corrected chi connectivity index (χ3v) is 9.07. The summed E-state index contributed by atoms with van der Waals surface area (Å²) in [5, 5.41) is 13.1. The molecule has 9 rings (SSSR count). The van der Waals surface area contributed by atoms with Crippen LogP contribution in [0.25, 0.3) is 66.1 Å². The average molecular weight is 644 g/mol. The number of aliphatic imine (C=N–C) groups is 2. The Morgan fingerprint density at radius 3 is 1.86 bits per heavy atom. The molecule has 0 unspecified atom stereocenters. The van der Waals surface area contributed by atoms with E-state index in [0.29, 0.717) is 22.5 Å². The van der Waals surface area contributed by atoms with Crippen LogP contribution in [-0.2, 0) is 0 Å². The molecule has 7 aromatic carbocycles. The number of rotatable bonds is 5. The van der Waals surface area contributed by atoms with Crippen LogP contribution < -0.4 is 0 Å². The fraction of sp³-hybridized carbons (Fsp3) is 0. The molecule has 5 nitrogen and oxygen atoms in total. The summed E-state index contributed by atoms with van der Waals surface area (Å²) in [5.74, 6) is 0.468. The molecule has 9 aromatic rings. The highest BCUT2D eigenvalue weighted by Crippen LogP contribution is 2.34. The van der Waals surface area contributed by atoms with Gasteiger partial charge in [0.25, 0.3) is 0 Å². The Morgan fingerprint density at radius 2 is 1.08 bits per heavy atom. The third kappa shape index (κ3) is 5.37. The van der Waals surface area contributed by atoms with Crippen LogP contribution in [0.4, 0.5) is 0 Å². The van der Waals surface area contributed by atoms with Gasteiger partial charge in [0.15, 0.2) is 11.7 Å². The molecule has 5 heteroatoms. The van der Waals surface area contributed by atoms with Crippen molar-refractivity contribution < 1.29 is 8.83 Å². The predicted octanol–water partition coefficient (Wildman–Crippen LogP) is 11.7. The minimum atomic E-state index is 0.0835. The van der Waals surface area contributed by atoms with Crippen molar-refractivity contribution in [3.8, 4) is 22.3 Å². The standard InChI is InChI=1S/C45H29N3O2/c46-44(34-23-25-42-39(27-34)38-26-33(22-24-41(38)49-42)31-12-5-2-6-13-31)48-45(37-16-9-15-36-35-14-7-8-17-40(35)50-43(36)37)47-28-29-18-20-32(21-19-29)30-10-3-1-4-11-30/h1-28,46H. The van der Waals surface area contributed by atoms with Gasteiger partial charge in [0, 0.05) is 33.3 Å².